The van der Waals surface area contributed by atoms with E-state index in [4.69, 9.17) is 4.74 Å². The lowest BCUT2D eigenvalue weighted by molar-refractivity contribution is -0.170. The molecule has 0 unspecified atom stereocenters. The van der Waals surface area contributed by atoms with E-state index in [1.807, 2.05) is 0 Å². The summed E-state index contributed by atoms with van der Waals surface area (Å²) in [5.41, 5.74) is 0. The summed E-state index contributed by atoms with van der Waals surface area (Å²) in [6.07, 6.45) is 9.66. The van der Waals surface area contributed by atoms with E-state index < -0.39 is 0 Å². The van der Waals surface area contributed by atoms with Crippen LogP contribution in [0, 0.1) is 23.7 Å². The van der Waals surface area contributed by atoms with E-state index in [0.717, 1.165) is 30.0 Å². The SMILES string of the molecule is O=C(CCCCBr)OC1C2CC3CC(C2)CC1C3. The molecule has 102 valence electrons. The molecule has 0 radical (unpaired) electrons. The molecule has 4 saturated carbocycles. The van der Waals surface area contributed by atoms with Gasteiger partial charge in [0, 0.05) is 11.8 Å². The number of alkyl halides is 1. The second kappa shape index (κ2) is 5.52. The van der Waals surface area contributed by atoms with Crippen molar-refractivity contribution in [1.82, 2.24) is 0 Å². The first-order chi connectivity index (χ1) is 8.76. The lowest BCUT2D eigenvalue weighted by atomic mass is 9.55. The van der Waals surface area contributed by atoms with Gasteiger partial charge in [-0.1, -0.05) is 15.9 Å². The van der Waals surface area contributed by atoms with Crippen LogP contribution in [-0.4, -0.2) is 17.4 Å². The van der Waals surface area contributed by atoms with E-state index in [1.54, 1.807) is 0 Å². The molecule has 0 aromatic heterocycles. The molecule has 0 aromatic rings. The van der Waals surface area contributed by atoms with Crippen LogP contribution in [0.2, 0.25) is 0 Å². The molecule has 4 aliphatic carbocycles. The highest BCUT2D eigenvalue weighted by molar-refractivity contribution is 9.09. The van der Waals surface area contributed by atoms with E-state index in [0.29, 0.717) is 18.3 Å². The van der Waals surface area contributed by atoms with Crippen LogP contribution in [0.5, 0.6) is 0 Å². The van der Waals surface area contributed by atoms with Crippen molar-refractivity contribution in [2.24, 2.45) is 23.7 Å². The molecule has 0 saturated heterocycles. The van der Waals surface area contributed by atoms with Gasteiger partial charge in [-0.2, -0.15) is 0 Å². The first-order valence-electron chi connectivity index (χ1n) is 7.51. The van der Waals surface area contributed by atoms with Gasteiger partial charge in [-0.05, 0) is 68.6 Å². The van der Waals surface area contributed by atoms with Crippen LogP contribution in [0.4, 0.5) is 0 Å². The summed E-state index contributed by atoms with van der Waals surface area (Å²) in [5.74, 6) is 3.35. The molecule has 0 heterocycles. The summed E-state index contributed by atoms with van der Waals surface area (Å²) in [6.45, 7) is 0. The predicted octanol–water partition coefficient (Wildman–Crippen LogP) is 3.92. The van der Waals surface area contributed by atoms with Crippen LogP contribution < -0.4 is 0 Å². The molecule has 0 amide bonds. The number of carbonyl (C=O) groups excluding carboxylic acids is 1. The Hall–Kier alpha value is -0.0500. The molecule has 0 N–H and O–H groups in total. The van der Waals surface area contributed by atoms with Crippen molar-refractivity contribution in [3.63, 3.8) is 0 Å². The molecule has 0 spiro atoms. The maximum Gasteiger partial charge on any atom is 0.306 e. The van der Waals surface area contributed by atoms with Crippen LogP contribution >= 0.6 is 15.9 Å². The van der Waals surface area contributed by atoms with Crippen molar-refractivity contribution >= 4 is 21.9 Å². The van der Waals surface area contributed by atoms with Crippen LogP contribution in [0.15, 0.2) is 0 Å². The molecule has 4 fully saturated rings. The minimum atomic E-state index is 0.0495. The molecule has 4 aliphatic rings. The Morgan fingerprint density at radius 3 is 2.17 bits per heavy atom. The molecule has 0 aromatic carbocycles. The van der Waals surface area contributed by atoms with Gasteiger partial charge in [-0.15, -0.1) is 0 Å². The molecule has 0 aliphatic heterocycles. The molecule has 2 nitrogen and oxygen atoms in total. The highest BCUT2D eigenvalue weighted by Crippen LogP contribution is 2.54. The third kappa shape index (κ3) is 2.61. The van der Waals surface area contributed by atoms with E-state index in [-0.39, 0.29) is 12.1 Å². The Morgan fingerprint density at radius 2 is 1.61 bits per heavy atom. The van der Waals surface area contributed by atoms with Crippen LogP contribution in [0.1, 0.15) is 51.4 Å². The maximum absolute atomic E-state index is 11.9. The minimum Gasteiger partial charge on any atom is -0.462 e. The van der Waals surface area contributed by atoms with Crippen LogP contribution in [-0.2, 0) is 9.53 Å². The van der Waals surface area contributed by atoms with Crippen molar-refractivity contribution in [3.8, 4) is 0 Å². The number of hydrogen-bond acceptors (Lipinski definition) is 2. The number of ether oxygens (including phenoxy) is 1. The topological polar surface area (TPSA) is 26.3 Å². The van der Waals surface area contributed by atoms with Gasteiger partial charge < -0.3 is 4.74 Å². The monoisotopic (exact) mass is 314 g/mol. The number of carbonyl (C=O) groups is 1. The summed E-state index contributed by atoms with van der Waals surface area (Å²) in [7, 11) is 0. The average molecular weight is 315 g/mol. The lowest BCUT2D eigenvalue weighted by Crippen LogP contribution is -2.50. The summed E-state index contributed by atoms with van der Waals surface area (Å²) in [6, 6.07) is 0. The second-order valence-corrected chi connectivity index (χ2v) is 7.32. The van der Waals surface area contributed by atoms with Gasteiger partial charge in [0.05, 0.1) is 0 Å². The molecule has 4 bridgehead atoms. The van der Waals surface area contributed by atoms with E-state index >= 15 is 0 Å². The Labute approximate surface area is 118 Å². The normalized spacial score (nSPS) is 41.1. The summed E-state index contributed by atoms with van der Waals surface area (Å²) >= 11 is 3.40. The van der Waals surface area contributed by atoms with Gasteiger partial charge in [0.1, 0.15) is 6.10 Å². The highest BCUT2D eigenvalue weighted by atomic mass is 79.9. The average Bonchev–Trinajstić information content (AvgIpc) is 2.33. The van der Waals surface area contributed by atoms with Crippen molar-refractivity contribution in [1.29, 1.82) is 0 Å². The minimum absolute atomic E-state index is 0.0495. The number of halogens is 1. The summed E-state index contributed by atoms with van der Waals surface area (Å²) < 4.78 is 5.82. The standard InChI is InChI=1S/C15H23BrO2/c16-4-2-1-3-14(17)18-15-12-6-10-5-11(8-12)9-13(15)7-10/h10-13,15H,1-9H2. The zero-order chi connectivity index (χ0) is 12.5. The Bertz CT molecular complexity index is 288. The largest absolute Gasteiger partial charge is 0.462 e. The zero-order valence-electron chi connectivity index (χ0n) is 10.9. The van der Waals surface area contributed by atoms with E-state index in [9.17, 15) is 4.79 Å². The fourth-order valence-electron chi connectivity index (χ4n) is 4.64. The first-order valence-corrected chi connectivity index (χ1v) is 8.64. The van der Waals surface area contributed by atoms with Crippen molar-refractivity contribution in [2.45, 2.75) is 57.5 Å². The number of rotatable bonds is 5. The maximum atomic E-state index is 11.9. The molecule has 18 heavy (non-hydrogen) atoms. The van der Waals surface area contributed by atoms with Gasteiger partial charge >= 0.3 is 5.97 Å². The smallest absolute Gasteiger partial charge is 0.306 e. The Balaban J connectivity index is 1.52. The van der Waals surface area contributed by atoms with Crippen molar-refractivity contribution in [3.05, 3.63) is 0 Å². The van der Waals surface area contributed by atoms with Crippen molar-refractivity contribution < 1.29 is 9.53 Å². The lowest BCUT2D eigenvalue weighted by Gasteiger charge is -2.53. The highest BCUT2D eigenvalue weighted by Gasteiger charge is 2.49. The van der Waals surface area contributed by atoms with Gasteiger partial charge in [0.2, 0.25) is 0 Å². The molecule has 0 atom stereocenters. The number of unbranched alkanes of at least 4 members (excludes halogenated alkanes) is 1. The molecule has 4 rings (SSSR count). The third-order valence-electron chi connectivity index (χ3n) is 5.17. The Kier molecular flexibility index (Phi) is 3.97. The fourth-order valence-corrected chi connectivity index (χ4v) is 5.04. The fraction of sp³-hybridized carbons (Fsp3) is 0.933. The predicted molar refractivity (Wildman–Crippen MR) is 74.6 cm³/mol. The van der Waals surface area contributed by atoms with E-state index in [2.05, 4.69) is 15.9 Å². The summed E-state index contributed by atoms with van der Waals surface area (Å²) in [5, 5.41) is 0.984. The van der Waals surface area contributed by atoms with Gasteiger partial charge in [-0.25, -0.2) is 0 Å². The zero-order valence-corrected chi connectivity index (χ0v) is 12.5. The number of hydrogen-bond donors (Lipinski definition) is 0. The van der Waals surface area contributed by atoms with Gasteiger partial charge in [-0.3, -0.25) is 4.79 Å². The van der Waals surface area contributed by atoms with Crippen LogP contribution in [0.3, 0.4) is 0 Å². The van der Waals surface area contributed by atoms with E-state index in [1.165, 1.54) is 32.1 Å². The molecular formula is C15H23BrO2. The molecule has 3 heteroatoms. The quantitative estimate of drug-likeness (QED) is 0.437. The van der Waals surface area contributed by atoms with Gasteiger partial charge in [0.15, 0.2) is 0 Å². The third-order valence-corrected chi connectivity index (χ3v) is 5.73. The van der Waals surface area contributed by atoms with Gasteiger partial charge in [0.25, 0.3) is 0 Å². The first kappa shape index (κ1) is 13.0. The van der Waals surface area contributed by atoms with Crippen molar-refractivity contribution in [2.75, 3.05) is 5.33 Å². The summed E-state index contributed by atoms with van der Waals surface area (Å²) in [4.78, 5) is 11.9. The molecular weight excluding hydrogens is 292 g/mol. The van der Waals surface area contributed by atoms with Crippen LogP contribution in [0.25, 0.3) is 0 Å². The number of esters is 1. The second-order valence-electron chi connectivity index (χ2n) is 6.53. The Morgan fingerprint density at radius 1 is 1.00 bits per heavy atom.